The van der Waals surface area contributed by atoms with Gasteiger partial charge in [-0.1, -0.05) is 18.5 Å². The zero-order valence-corrected chi connectivity index (χ0v) is 18.2. The Morgan fingerprint density at radius 3 is 2.73 bits per heavy atom. The molecule has 0 atom stereocenters. The average Bonchev–Trinajstić information content (AvgIpc) is 3.42. The maximum Gasteiger partial charge on any atom is 0.238 e. The predicted octanol–water partition coefficient (Wildman–Crippen LogP) is 3.70. The molecular formula is C22H22ClN3O3S. The Morgan fingerprint density at radius 2 is 2.00 bits per heavy atom. The van der Waals surface area contributed by atoms with Crippen molar-refractivity contribution in [3.63, 3.8) is 0 Å². The fourth-order valence-electron chi connectivity index (χ4n) is 4.48. The van der Waals surface area contributed by atoms with E-state index in [-0.39, 0.29) is 22.8 Å². The maximum absolute atomic E-state index is 13.3. The average molecular weight is 444 g/mol. The molecule has 3 aromatic rings. The summed E-state index contributed by atoms with van der Waals surface area (Å²) in [5, 5.41) is 1.56. The summed E-state index contributed by atoms with van der Waals surface area (Å²) in [6, 6.07) is 9.53. The summed E-state index contributed by atoms with van der Waals surface area (Å²) < 4.78 is 26.3. The smallest absolute Gasteiger partial charge is 0.238 e. The highest BCUT2D eigenvalue weighted by atomic mass is 35.5. The highest BCUT2D eigenvalue weighted by molar-refractivity contribution is 7.91. The molecule has 1 spiro atoms. The monoisotopic (exact) mass is 443 g/mol. The Morgan fingerprint density at radius 1 is 1.20 bits per heavy atom. The number of hydrogen-bond acceptors (Lipinski definition) is 4. The van der Waals surface area contributed by atoms with Crippen molar-refractivity contribution in [3.05, 3.63) is 59.0 Å². The van der Waals surface area contributed by atoms with Crippen LogP contribution in [-0.2, 0) is 33.1 Å². The number of halogens is 1. The molecule has 0 unspecified atom stereocenters. The number of carbonyl (C=O) groups excluding carboxylic acids is 1. The van der Waals surface area contributed by atoms with Crippen LogP contribution in [0.25, 0.3) is 10.9 Å². The van der Waals surface area contributed by atoms with Crippen LogP contribution in [0.3, 0.4) is 0 Å². The molecule has 30 heavy (non-hydrogen) atoms. The number of amides is 1. The van der Waals surface area contributed by atoms with Gasteiger partial charge in [0.05, 0.1) is 29.6 Å². The highest BCUT2D eigenvalue weighted by Gasteiger charge is 2.59. The Labute approximate surface area is 180 Å². The minimum atomic E-state index is -3.12. The van der Waals surface area contributed by atoms with Gasteiger partial charge in [0, 0.05) is 40.1 Å². The van der Waals surface area contributed by atoms with Gasteiger partial charge in [0.1, 0.15) is 0 Å². The van der Waals surface area contributed by atoms with Crippen LogP contribution in [0.1, 0.15) is 31.0 Å². The van der Waals surface area contributed by atoms with E-state index in [9.17, 15) is 13.2 Å². The van der Waals surface area contributed by atoms with Crippen molar-refractivity contribution in [3.8, 4) is 0 Å². The number of aromatic nitrogens is 2. The van der Waals surface area contributed by atoms with E-state index < -0.39 is 9.84 Å². The SMILES string of the molecule is CCS(=O)(=O)CCn1c(CN2C(=O)C3(CC3)c3ccncc32)cc2cc(Cl)ccc21. The molecule has 3 heterocycles. The summed E-state index contributed by atoms with van der Waals surface area (Å²) >= 11 is 6.18. The number of nitrogens with zero attached hydrogens (tertiary/aromatic N) is 3. The van der Waals surface area contributed by atoms with Gasteiger partial charge in [-0.2, -0.15) is 0 Å². The Balaban J connectivity index is 1.56. The van der Waals surface area contributed by atoms with Crippen LogP contribution in [0.5, 0.6) is 0 Å². The molecule has 156 valence electrons. The van der Waals surface area contributed by atoms with Gasteiger partial charge < -0.3 is 9.47 Å². The molecule has 0 saturated heterocycles. The number of carbonyl (C=O) groups is 1. The molecule has 2 aliphatic rings. The van der Waals surface area contributed by atoms with Crippen LogP contribution in [0.15, 0.2) is 42.7 Å². The van der Waals surface area contributed by atoms with Crippen LogP contribution >= 0.6 is 11.6 Å². The molecule has 6 nitrogen and oxygen atoms in total. The second kappa shape index (κ2) is 6.82. The van der Waals surface area contributed by atoms with E-state index in [4.69, 9.17) is 11.6 Å². The Kier molecular flexibility index (Phi) is 4.45. The molecule has 0 N–H and O–H groups in total. The van der Waals surface area contributed by atoms with Crippen molar-refractivity contribution in [2.45, 2.75) is 38.3 Å². The minimum Gasteiger partial charge on any atom is -0.342 e. The lowest BCUT2D eigenvalue weighted by Gasteiger charge is -2.19. The lowest BCUT2D eigenvalue weighted by molar-refractivity contribution is -0.120. The van der Waals surface area contributed by atoms with Crippen LogP contribution in [-0.4, -0.2) is 35.4 Å². The van der Waals surface area contributed by atoms with Gasteiger partial charge in [-0.3, -0.25) is 9.78 Å². The summed E-state index contributed by atoms with van der Waals surface area (Å²) in [6.07, 6.45) is 5.23. The van der Waals surface area contributed by atoms with Gasteiger partial charge in [-0.25, -0.2) is 8.42 Å². The van der Waals surface area contributed by atoms with Crippen molar-refractivity contribution in [2.24, 2.45) is 0 Å². The van der Waals surface area contributed by atoms with Crippen LogP contribution < -0.4 is 4.90 Å². The number of hydrogen-bond donors (Lipinski definition) is 0. The summed E-state index contributed by atoms with van der Waals surface area (Å²) in [4.78, 5) is 19.3. The third kappa shape index (κ3) is 3.03. The Bertz CT molecular complexity index is 1280. The topological polar surface area (TPSA) is 72.3 Å². The number of fused-ring (bicyclic) bond motifs is 3. The molecule has 1 aliphatic carbocycles. The van der Waals surface area contributed by atoms with E-state index in [1.165, 1.54) is 0 Å². The molecule has 0 bridgehead atoms. The first-order valence-electron chi connectivity index (χ1n) is 10.1. The number of rotatable bonds is 6. The largest absolute Gasteiger partial charge is 0.342 e. The second-order valence-electron chi connectivity index (χ2n) is 8.09. The summed E-state index contributed by atoms with van der Waals surface area (Å²) in [5.41, 5.74) is 3.33. The van der Waals surface area contributed by atoms with Gasteiger partial charge in [0.15, 0.2) is 9.84 Å². The maximum atomic E-state index is 13.3. The van der Waals surface area contributed by atoms with Crippen molar-refractivity contribution in [2.75, 3.05) is 16.4 Å². The van der Waals surface area contributed by atoms with Gasteiger partial charge in [-0.15, -0.1) is 0 Å². The summed E-state index contributed by atoms with van der Waals surface area (Å²) in [6.45, 7) is 2.37. The zero-order chi connectivity index (χ0) is 21.1. The standard InChI is InChI=1S/C22H22ClN3O3S/c1-2-30(28,29)10-9-25-17(12-15-11-16(23)3-4-19(15)25)14-26-20-13-24-8-5-18(20)22(6-7-22)21(26)27/h3-5,8,11-13H,2,6-7,9-10,14H2,1H3. The molecule has 5 rings (SSSR count). The lowest BCUT2D eigenvalue weighted by Crippen LogP contribution is -2.32. The molecule has 1 aromatic carbocycles. The number of pyridine rings is 1. The summed E-state index contributed by atoms with van der Waals surface area (Å²) in [5.74, 6) is 0.278. The molecular weight excluding hydrogens is 422 g/mol. The molecule has 1 amide bonds. The first-order valence-corrected chi connectivity index (χ1v) is 12.3. The van der Waals surface area contributed by atoms with Crippen molar-refractivity contribution < 1.29 is 13.2 Å². The van der Waals surface area contributed by atoms with Crippen LogP contribution in [0.4, 0.5) is 5.69 Å². The van der Waals surface area contributed by atoms with E-state index in [2.05, 4.69) is 4.98 Å². The highest BCUT2D eigenvalue weighted by Crippen LogP contribution is 2.57. The molecule has 1 fully saturated rings. The van der Waals surface area contributed by atoms with Gasteiger partial charge in [0.25, 0.3) is 0 Å². The van der Waals surface area contributed by atoms with Crippen molar-refractivity contribution >= 4 is 43.9 Å². The molecule has 2 aromatic heterocycles. The third-order valence-corrected chi connectivity index (χ3v) is 8.27. The van der Waals surface area contributed by atoms with Crippen LogP contribution in [0, 0.1) is 0 Å². The zero-order valence-electron chi connectivity index (χ0n) is 16.6. The molecule has 0 radical (unpaired) electrons. The number of anilines is 1. The van der Waals surface area contributed by atoms with Gasteiger partial charge in [0.2, 0.25) is 5.91 Å². The van der Waals surface area contributed by atoms with Crippen LogP contribution in [0.2, 0.25) is 5.02 Å². The first kappa shape index (κ1) is 19.6. The molecule has 8 heteroatoms. The van der Waals surface area contributed by atoms with Gasteiger partial charge >= 0.3 is 0 Å². The third-order valence-electron chi connectivity index (χ3n) is 6.35. The summed E-state index contributed by atoms with van der Waals surface area (Å²) in [7, 11) is -3.12. The second-order valence-corrected chi connectivity index (χ2v) is 11.0. The first-order chi connectivity index (χ1) is 14.3. The quantitative estimate of drug-likeness (QED) is 0.582. The van der Waals surface area contributed by atoms with Crippen molar-refractivity contribution in [1.29, 1.82) is 0 Å². The van der Waals surface area contributed by atoms with E-state index in [1.807, 2.05) is 28.8 Å². The minimum absolute atomic E-state index is 0.0545. The number of sulfone groups is 1. The molecule has 1 aliphatic heterocycles. The number of benzene rings is 1. The van der Waals surface area contributed by atoms with Gasteiger partial charge in [-0.05, 0) is 48.7 Å². The van der Waals surface area contributed by atoms with E-state index in [0.29, 0.717) is 18.1 Å². The fourth-order valence-corrected chi connectivity index (χ4v) is 5.41. The fraction of sp³-hybridized carbons (Fsp3) is 0.364. The normalized spacial score (nSPS) is 17.1. The van der Waals surface area contributed by atoms with E-state index >= 15 is 0 Å². The Hall–Kier alpha value is -2.38. The van der Waals surface area contributed by atoms with E-state index in [0.717, 1.165) is 40.7 Å². The van der Waals surface area contributed by atoms with Crippen molar-refractivity contribution in [1.82, 2.24) is 9.55 Å². The van der Waals surface area contributed by atoms with E-state index in [1.54, 1.807) is 30.3 Å². The number of aryl methyl sites for hydroxylation is 1. The predicted molar refractivity (Wildman–Crippen MR) is 118 cm³/mol. The lowest BCUT2D eigenvalue weighted by atomic mass is 9.99. The molecule has 1 saturated carbocycles.